The summed E-state index contributed by atoms with van der Waals surface area (Å²) in [5.74, 6) is -0.967. The molecule has 0 saturated heterocycles. The average molecular weight is 418 g/mol. The number of aromatic nitrogens is 2. The molecule has 2 aromatic carbocycles. The van der Waals surface area contributed by atoms with Gasteiger partial charge in [0, 0.05) is 23.0 Å². The van der Waals surface area contributed by atoms with E-state index < -0.39 is 12.1 Å². The summed E-state index contributed by atoms with van der Waals surface area (Å²) in [7, 11) is 0. The summed E-state index contributed by atoms with van der Waals surface area (Å²) in [4.78, 5) is 24.6. The topological polar surface area (TPSA) is 73.2 Å². The SMILES string of the molecule is CCc1ccc(NC(=O)[C@@H](C)OC(=O)/C=C/c2c(C)nn(-c3ccccc3)c2C)cc1. The number of carbonyl (C=O) groups is 2. The first-order chi connectivity index (χ1) is 14.9. The van der Waals surface area contributed by atoms with Crippen molar-refractivity contribution in [3.8, 4) is 5.69 Å². The van der Waals surface area contributed by atoms with Crippen molar-refractivity contribution in [3.63, 3.8) is 0 Å². The van der Waals surface area contributed by atoms with Gasteiger partial charge in [-0.05, 0) is 63.1 Å². The van der Waals surface area contributed by atoms with Crippen LogP contribution in [-0.2, 0) is 20.7 Å². The van der Waals surface area contributed by atoms with Gasteiger partial charge in [-0.25, -0.2) is 9.48 Å². The van der Waals surface area contributed by atoms with Crippen molar-refractivity contribution in [2.45, 2.75) is 40.2 Å². The van der Waals surface area contributed by atoms with Gasteiger partial charge >= 0.3 is 5.97 Å². The predicted octanol–water partition coefficient (Wildman–Crippen LogP) is 4.64. The lowest BCUT2D eigenvalue weighted by Gasteiger charge is -2.12. The van der Waals surface area contributed by atoms with Crippen molar-refractivity contribution in [1.82, 2.24) is 9.78 Å². The van der Waals surface area contributed by atoms with E-state index in [2.05, 4.69) is 17.3 Å². The van der Waals surface area contributed by atoms with Crippen LogP contribution in [0.2, 0.25) is 0 Å². The molecule has 3 aromatic rings. The number of para-hydroxylation sites is 1. The van der Waals surface area contributed by atoms with Crippen LogP contribution in [0.15, 0.2) is 60.7 Å². The van der Waals surface area contributed by atoms with Crippen molar-refractivity contribution >= 4 is 23.6 Å². The molecule has 0 unspecified atom stereocenters. The maximum absolute atomic E-state index is 12.3. The van der Waals surface area contributed by atoms with Gasteiger partial charge < -0.3 is 10.1 Å². The van der Waals surface area contributed by atoms with Crippen LogP contribution in [0.5, 0.6) is 0 Å². The van der Waals surface area contributed by atoms with Gasteiger partial charge in [0.2, 0.25) is 0 Å². The molecule has 160 valence electrons. The molecular formula is C25H27N3O3. The molecule has 0 aliphatic heterocycles. The molecule has 1 heterocycles. The Morgan fingerprint density at radius 3 is 2.42 bits per heavy atom. The molecule has 6 heteroatoms. The summed E-state index contributed by atoms with van der Waals surface area (Å²) in [6.07, 6.45) is 3.01. The summed E-state index contributed by atoms with van der Waals surface area (Å²) in [5.41, 5.74) is 5.35. The van der Waals surface area contributed by atoms with Gasteiger partial charge in [0.1, 0.15) is 0 Å². The number of ether oxygens (including phenoxy) is 1. The fraction of sp³-hybridized carbons (Fsp3) is 0.240. The van der Waals surface area contributed by atoms with Gasteiger partial charge in [-0.2, -0.15) is 5.10 Å². The Morgan fingerprint density at radius 1 is 1.10 bits per heavy atom. The van der Waals surface area contributed by atoms with Crippen LogP contribution in [-0.4, -0.2) is 27.8 Å². The zero-order valence-electron chi connectivity index (χ0n) is 18.3. The Balaban J connectivity index is 1.62. The van der Waals surface area contributed by atoms with E-state index in [1.54, 1.807) is 13.0 Å². The van der Waals surface area contributed by atoms with E-state index in [-0.39, 0.29) is 5.91 Å². The molecule has 0 aliphatic rings. The first kappa shape index (κ1) is 22.0. The highest BCUT2D eigenvalue weighted by Gasteiger charge is 2.17. The molecule has 0 spiro atoms. The van der Waals surface area contributed by atoms with Crippen molar-refractivity contribution in [1.29, 1.82) is 0 Å². The van der Waals surface area contributed by atoms with Crippen LogP contribution in [0.1, 0.15) is 36.4 Å². The molecule has 1 aromatic heterocycles. The molecule has 0 aliphatic carbocycles. The molecular weight excluding hydrogens is 390 g/mol. The first-order valence-electron chi connectivity index (χ1n) is 10.3. The van der Waals surface area contributed by atoms with E-state index in [4.69, 9.17) is 4.74 Å². The highest BCUT2D eigenvalue weighted by atomic mass is 16.5. The summed E-state index contributed by atoms with van der Waals surface area (Å²) in [6, 6.07) is 17.4. The highest BCUT2D eigenvalue weighted by Crippen LogP contribution is 2.19. The standard InChI is InChI=1S/C25H27N3O3/c1-5-20-11-13-21(14-12-20)26-25(30)19(4)31-24(29)16-15-23-17(2)27-28(18(23)3)22-9-7-6-8-10-22/h6-16,19H,5H2,1-4H3,(H,26,30)/b16-15+/t19-/m1/s1. The maximum atomic E-state index is 12.3. The third-order valence-corrected chi connectivity index (χ3v) is 5.03. The second-order valence-electron chi connectivity index (χ2n) is 7.28. The quantitative estimate of drug-likeness (QED) is 0.449. The summed E-state index contributed by atoms with van der Waals surface area (Å²) >= 11 is 0. The Morgan fingerprint density at radius 2 is 1.77 bits per heavy atom. The van der Waals surface area contributed by atoms with Crippen LogP contribution in [0.3, 0.4) is 0 Å². The minimum absolute atomic E-state index is 0.379. The van der Waals surface area contributed by atoms with Crippen LogP contribution < -0.4 is 5.32 Å². The zero-order chi connectivity index (χ0) is 22.4. The Labute approximate surface area is 182 Å². The molecule has 0 bridgehead atoms. The number of anilines is 1. The van der Waals surface area contributed by atoms with Crippen LogP contribution >= 0.6 is 0 Å². The van der Waals surface area contributed by atoms with Gasteiger partial charge in [0.05, 0.1) is 11.4 Å². The molecule has 31 heavy (non-hydrogen) atoms. The second-order valence-corrected chi connectivity index (χ2v) is 7.28. The van der Waals surface area contributed by atoms with Gasteiger partial charge in [0.25, 0.3) is 5.91 Å². The number of hydrogen-bond donors (Lipinski definition) is 1. The molecule has 1 amide bonds. The number of esters is 1. The number of nitrogens with zero attached hydrogens (tertiary/aromatic N) is 2. The normalized spacial score (nSPS) is 12.0. The summed E-state index contributed by atoms with van der Waals surface area (Å²) < 4.78 is 7.09. The molecule has 0 fully saturated rings. The van der Waals surface area contributed by atoms with E-state index in [9.17, 15) is 9.59 Å². The number of hydrogen-bond acceptors (Lipinski definition) is 4. The highest BCUT2D eigenvalue weighted by molar-refractivity contribution is 5.96. The van der Waals surface area contributed by atoms with Crippen LogP contribution in [0.25, 0.3) is 11.8 Å². The number of benzene rings is 2. The smallest absolute Gasteiger partial charge is 0.331 e. The zero-order valence-corrected chi connectivity index (χ0v) is 18.3. The minimum atomic E-state index is -0.919. The molecule has 0 saturated carbocycles. The van der Waals surface area contributed by atoms with Crippen molar-refractivity contribution in [2.24, 2.45) is 0 Å². The Hall–Kier alpha value is -3.67. The lowest BCUT2D eigenvalue weighted by Crippen LogP contribution is -2.29. The predicted molar refractivity (Wildman–Crippen MR) is 122 cm³/mol. The molecule has 0 radical (unpaired) electrons. The number of nitrogens with one attached hydrogen (secondary N) is 1. The molecule has 3 rings (SSSR count). The number of amides is 1. The molecule has 6 nitrogen and oxygen atoms in total. The Kier molecular flexibility index (Phi) is 7.03. The van der Waals surface area contributed by atoms with E-state index in [1.807, 2.05) is 73.1 Å². The first-order valence-corrected chi connectivity index (χ1v) is 10.3. The number of rotatable bonds is 7. The van der Waals surface area contributed by atoms with Gasteiger partial charge in [0.15, 0.2) is 6.10 Å². The van der Waals surface area contributed by atoms with Gasteiger partial charge in [-0.15, -0.1) is 0 Å². The number of aryl methyl sites for hydroxylation is 2. The van der Waals surface area contributed by atoms with E-state index in [0.29, 0.717) is 5.69 Å². The van der Waals surface area contributed by atoms with Crippen LogP contribution in [0.4, 0.5) is 5.69 Å². The Bertz CT molecular complexity index is 1080. The average Bonchev–Trinajstić information content (AvgIpc) is 3.06. The minimum Gasteiger partial charge on any atom is -0.449 e. The maximum Gasteiger partial charge on any atom is 0.331 e. The van der Waals surface area contributed by atoms with Crippen molar-refractivity contribution in [2.75, 3.05) is 5.32 Å². The van der Waals surface area contributed by atoms with Gasteiger partial charge in [-0.3, -0.25) is 4.79 Å². The lowest BCUT2D eigenvalue weighted by molar-refractivity contribution is -0.148. The molecule has 1 atom stereocenters. The van der Waals surface area contributed by atoms with Crippen LogP contribution in [0, 0.1) is 13.8 Å². The fourth-order valence-corrected chi connectivity index (χ4v) is 3.20. The van der Waals surface area contributed by atoms with E-state index in [0.717, 1.165) is 29.1 Å². The monoisotopic (exact) mass is 417 g/mol. The third kappa shape index (κ3) is 5.48. The molecule has 1 N–H and O–H groups in total. The second kappa shape index (κ2) is 9.89. The fourth-order valence-electron chi connectivity index (χ4n) is 3.20. The van der Waals surface area contributed by atoms with E-state index in [1.165, 1.54) is 11.6 Å². The summed E-state index contributed by atoms with van der Waals surface area (Å²) in [5, 5.41) is 7.31. The lowest BCUT2D eigenvalue weighted by atomic mass is 10.1. The van der Waals surface area contributed by atoms with Crippen molar-refractivity contribution < 1.29 is 14.3 Å². The van der Waals surface area contributed by atoms with E-state index >= 15 is 0 Å². The van der Waals surface area contributed by atoms with Crippen molar-refractivity contribution in [3.05, 3.63) is 83.2 Å². The number of carbonyl (C=O) groups excluding carboxylic acids is 2. The third-order valence-electron chi connectivity index (χ3n) is 5.03. The largest absolute Gasteiger partial charge is 0.449 e. The van der Waals surface area contributed by atoms with Gasteiger partial charge in [-0.1, -0.05) is 37.3 Å². The summed E-state index contributed by atoms with van der Waals surface area (Å²) in [6.45, 7) is 7.44.